The van der Waals surface area contributed by atoms with Gasteiger partial charge in [0.25, 0.3) is 0 Å². The van der Waals surface area contributed by atoms with Crippen molar-refractivity contribution in [3.63, 3.8) is 0 Å². The van der Waals surface area contributed by atoms with E-state index in [1.807, 2.05) is 25.2 Å². The first-order valence-electron chi connectivity index (χ1n) is 14.8. The predicted octanol–water partition coefficient (Wildman–Crippen LogP) is 1.89. The van der Waals surface area contributed by atoms with Crippen LogP contribution in [0.25, 0.3) is 10.9 Å². The molecule has 2 aromatic rings. The topological polar surface area (TPSA) is 103 Å². The van der Waals surface area contributed by atoms with Crippen LogP contribution in [0.2, 0.25) is 0 Å². The molecule has 1 aromatic carbocycles. The largest absolute Gasteiger partial charge is 0.393 e. The number of rotatable bonds is 8. The van der Waals surface area contributed by atoms with Crippen LogP contribution in [0, 0.1) is 11.8 Å². The molecule has 3 aliphatic rings. The molecule has 3 amide bonds. The number of halogens is 3. The van der Waals surface area contributed by atoms with Crippen LogP contribution in [-0.4, -0.2) is 107 Å². The lowest BCUT2D eigenvalue weighted by atomic mass is 9.88. The number of carbonyl (C=O) groups is 3. The Morgan fingerprint density at radius 2 is 1.93 bits per heavy atom. The van der Waals surface area contributed by atoms with Crippen molar-refractivity contribution in [1.29, 1.82) is 0 Å². The van der Waals surface area contributed by atoms with Crippen LogP contribution in [0.5, 0.6) is 0 Å². The van der Waals surface area contributed by atoms with Crippen molar-refractivity contribution in [2.24, 2.45) is 18.9 Å². The maximum absolute atomic E-state index is 13.8. The average molecular weight is 592 g/mol. The Bertz CT molecular complexity index is 1290. The molecule has 3 fully saturated rings. The number of piperidine rings is 1. The van der Waals surface area contributed by atoms with Crippen LogP contribution in [0.4, 0.5) is 13.2 Å². The lowest BCUT2D eigenvalue weighted by Crippen LogP contribution is -2.59. The van der Waals surface area contributed by atoms with Crippen LogP contribution >= 0.6 is 0 Å². The van der Waals surface area contributed by atoms with Crippen molar-refractivity contribution in [2.45, 2.75) is 56.9 Å². The van der Waals surface area contributed by atoms with Gasteiger partial charge in [-0.3, -0.25) is 19.1 Å². The van der Waals surface area contributed by atoms with E-state index in [0.29, 0.717) is 25.9 Å². The number of alkyl halides is 3. The molecule has 0 spiro atoms. The summed E-state index contributed by atoms with van der Waals surface area (Å²) in [5.41, 5.74) is 1.68. The fraction of sp³-hybridized carbons (Fsp3) is 0.655. The third-order valence-electron chi connectivity index (χ3n) is 9.00. The van der Waals surface area contributed by atoms with Crippen LogP contribution in [-0.2, 0) is 28.0 Å². The van der Waals surface area contributed by atoms with Gasteiger partial charge in [-0.25, -0.2) is 0 Å². The molecule has 0 unspecified atom stereocenters. The monoisotopic (exact) mass is 591 g/mol. The number of aromatic nitrogens is 2. The summed E-state index contributed by atoms with van der Waals surface area (Å²) in [5, 5.41) is 10.9. The summed E-state index contributed by atoms with van der Waals surface area (Å²) in [6, 6.07) is 3.29. The van der Waals surface area contributed by atoms with Gasteiger partial charge in [0.05, 0.1) is 29.6 Å². The van der Waals surface area contributed by atoms with Gasteiger partial charge in [0.15, 0.2) is 0 Å². The second kappa shape index (κ2) is 12.6. The van der Waals surface area contributed by atoms with Gasteiger partial charge in [-0.15, -0.1) is 0 Å². The van der Waals surface area contributed by atoms with E-state index in [2.05, 4.69) is 20.6 Å². The highest BCUT2D eigenvalue weighted by atomic mass is 19.4. The number of nitrogens with zero attached hydrogens (tertiary/aromatic N) is 5. The van der Waals surface area contributed by atoms with Crippen molar-refractivity contribution in [3.8, 4) is 0 Å². The van der Waals surface area contributed by atoms with E-state index in [9.17, 15) is 27.6 Å². The molecule has 42 heavy (non-hydrogen) atoms. The molecule has 0 bridgehead atoms. The third kappa shape index (κ3) is 6.56. The van der Waals surface area contributed by atoms with Gasteiger partial charge < -0.3 is 25.3 Å². The molecule has 13 heteroatoms. The molecule has 4 heterocycles. The van der Waals surface area contributed by atoms with Gasteiger partial charge in [0.2, 0.25) is 17.7 Å². The molecule has 1 aromatic heterocycles. The lowest BCUT2D eigenvalue weighted by molar-refractivity contribution is -0.171. The van der Waals surface area contributed by atoms with E-state index in [0.717, 1.165) is 53.8 Å². The number of fused-ring (bicyclic) bond motifs is 1. The maximum atomic E-state index is 13.8. The smallest absolute Gasteiger partial charge is 0.350 e. The molecular weight excluding hydrogens is 551 g/mol. The SMILES string of the molecule is CN(CCN1CCCC1)C(=O)[C@H]1CCCN[C@H]1C(=O)N1C[C@@H](C(F)(F)F)C[C@H]1C(=O)NCc1ccc2c(cnn2C)c1. The van der Waals surface area contributed by atoms with Crippen molar-refractivity contribution >= 4 is 28.6 Å². The lowest BCUT2D eigenvalue weighted by Gasteiger charge is -2.37. The van der Waals surface area contributed by atoms with Crippen molar-refractivity contribution in [1.82, 2.24) is 35.1 Å². The number of likely N-dealkylation sites (tertiary alicyclic amines) is 2. The molecule has 3 saturated heterocycles. The first-order valence-corrected chi connectivity index (χ1v) is 14.8. The summed E-state index contributed by atoms with van der Waals surface area (Å²) < 4.78 is 43.3. The third-order valence-corrected chi connectivity index (χ3v) is 9.00. The Morgan fingerprint density at radius 3 is 2.67 bits per heavy atom. The summed E-state index contributed by atoms with van der Waals surface area (Å²) in [7, 11) is 3.53. The average Bonchev–Trinajstić information content (AvgIpc) is 3.74. The summed E-state index contributed by atoms with van der Waals surface area (Å²) in [6.45, 7) is 3.25. The molecule has 230 valence electrons. The Balaban J connectivity index is 1.28. The van der Waals surface area contributed by atoms with Gasteiger partial charge in [0, 0.05) is 45.7 Å². The van der Waals surface area contributed by atoms with Crippen LogP contribution in [0.15, 0.2) is 24.4 Å². The molecule has 0 radical (unpaired) electrons. The zero-order valence-electron chi connectivity index (χ0n) is 24.2. The Labute approximate surface area is 243 Å². The van der Waals surface area contributed by atoms with E-state index >= 15 is 0 Å². The molecule has 5 rings (SSSR count). The van der Waals surface area contributed by atoms with Gasteiger partial charge in [-0.1, -0.05) is 6.07 Å². The van der Waals surface area contributed by atoms with Crippen molar-refractivity contribution in [2.75, 3.05) is 46.3 Å². The summed E-state index contributed by atoms with van der Waals surface area (Å²) in [4.78, 5) is 45.6. The maximum Gasteiger partial charge on any atom is 0.393 e. The van der Waals surface area contributed by atoms with E-state index < -0.39 is 54.9 Å². The minimum absolute atomic E-state index is 0.101. The molecule has 3 aliphatic heterocycles. The van der Waals surface area contributed by atoms with E-state index in [1.165, 1.54) is 0 Å². The van der Waals surface area contributed by atoms with E-state index in [-0.39, 0.29) is 12.5 Å². The summed E-state index contributed by atoms with van der Waals surface area (Å²) in [5.74, 6) is -3.97. The summed E-state index contributed by atoms with van der Waals surface area (Å²) in [6.07, 6.45) is 0.0590. The van der Waals surface area contributed by atoms with Crippen molar-refractivity contribution < 1.29 is 27.6 Å². The zero-order chi connectivity index (χ0) is 30.0. The summed E-state index contributed by atoms with van der Waals surface area (Å²) >= 11 is 0. The molecule has 0 saturated carbocycles. The molecular formula is C29H40F3N7O3. The van der Waals surface area contributed by atoms with Crippen molar-refractivity contribution in [3.05, 3.63) is 30.0 Å². The quantitative estimate of drug-likeness (QED) is 0.486. The van der Waals surface area contributed by atoms with Gasteiger partial charge in [0.1, 0.15) is 6.04 Å². The van der Waals surface area contributed by atoms with E-state index in [4.69, 9.17) is 0 Å². The molecule has 0 aliphatic carbocycles. The highest BCUT2D eigenvalue weighted by Crippen LogP contribution is 2.38. The number of amides is 3. The Hall–Kier alpha value is -3.19. The Kier molecular flexibility index (Phi) is 9.07. The van der Waals surface area contributed by atoms with Crippen LogP contribution < -0.4 is 10.6 Å². The van der Waals surface area contributed by atoms with Gasteiger partial charge >= 0.3 is 6.18 Å². The number of hydrogen-bond donors (Lipinski definition) is 2. The second-order valence-electron chi connectivity index (χ2n) is 11.8. The number of hydrogen-bond acceptors (Lipinski definition) is 6. The number of benzene rings is 1. The molecule has 2 N–H and O–H groups in total. The molecule has 4 atom stereocenters. The highest BCUT2D eigenvalue weighted by Gasteiger charge is 2.52. The normalized spacial score (nSPS) is 25.2. The first kappa shape index (κ1) is 30.3. The number of carbonyl (C=O) groups excluding carboxylic acids is 3. The van der Waals surface area contributed by atoms with Gasteiger partial charge in [-0.05, 0) is 69.4 Å². The van der Waals surface area contributed by atoms with Crippen LogP contribution in [0.1, 0.15) is 37.7 Å². The predicted molar refractivity (Wildman–Crippen MR) is 150 cm³/mol. The Morgan fingerprint density at radius 1 is 1.17 bits per heavy atom. The second-order valence-corrected chi connectivity index (χ2v) is 11.8. The van der Waals surface area contributed by atoms with Gasteiger partial charge in [-0.2, -0.15) is 18.3 Å². The minimum Gasteiger partial charge on any atom is -0.350 e. The standard InChI is InChI=1S/C29H40F3N7O3/c1-36(12-13-38-10-3-4-11-38)27(41)22-6-5-9-33-25(22)28(42)39-18-21(29(30,31)32)15-24(39)26(40)34-16-19-7-8-23-20(14-19)17-35-37(23)2/h7-8,14,17,21-22,24-25,33H,3-6,9-13,15-16,18H2,1-2H3,(H,34,40)/t21-,22-,24-,25+/m0/s1. The number of likely N-dealkylation sites (N-methyl/N-ethyl adjacent to an activating group) is 1. The number of nitrogens with one attached hydrogen (secondary N) is 2. The minimum atomic E-state index is -4.55. The fourth-order valence-corrected chi connectivity index (χ4v) is 6.48. The highest BCUT2D eigenvalue weighted by molar-refractivity contribution is 5.94. The fourth-order valence-electron chi connectivity index (χ4n) is 6.48. The molecule has 10 nitrogen and oxygen atoms in total. The van der Waals surface area contributed by atoms with E-state index in [1.54, 1.807) is 22.8 Å². The number of aryl methyl sites for hydroxylation is 1. The first-order chi connectivity index (χ1) is 20.0. The van der Waals surface area contributed by atoms with Crippen LogP contribution in [0.3, 0.4) is 0 Å². The zero-order valence-corrected chi connectivity index (χ0v) is 24.2.